The van der Waals surface area contributed by atoms with E-state index in [4.69, 9.17) is 10.1 Å². The van der Waals surface area contributed by atoms with Gasteiger partial charge in [-0.1, -0.05) is 0 Å². The molecule has 1 rings (SSSR count). The van der Waals surface area contributed by atoms with Crippen LogP contribution in [0.1, 0.15) is 10.4 Å². The van der Waals surface area contributed by atoms with Crippen molar-refractivity contribution in [1.82, 2.24) is 0 Å². The lowest BCUT2D eigenvalue weighted by molar-refractivity contribution is 0.0691. The zero-order chi connectivity index (χ0) is 10.0. The van der Waals surface area contributed by atoms with E-state index in [9.17, 15) is 13.6 Å². The normalized spacial score (nSPS) is 9.77. The predicted octanol–water partition coefficient (Wildman–Crippen LogP) is -0.368. The average molecular weight is 186 g/mol. The van der Waals surface area contributed by atoms with Gasteiger partial charge in [-0.2, -0.15) is 0 Å². The van der Waals surface area contributed by atoms with Crippen molar-refractivity contribution in [1.29, 1.82) is 0 Å². The first kappa shape index (κ1) is 9.66. The summed E-state index contributed by atoms with van der Waals surface area (Å²) in [6, 6.07) is 1.21. The van der Waals surface area contributed by atoms with Crippen molar-refractivity contribution < 1.29 is 23.7 Å². The molecule has 6 heteroatoms. The van der Waals surface area contributed by atoms with Crippen LogP contribution < -0.4 is 5.46 Å². The lowest BCUT2D eigenvalue weighted by atomic mass is 9.87. The highest BCUT2D eigenvalue weighted by Crippen LogP contribution is 2.07. The number of rotatable bonds is 2. The van der Waals surface area contributed by atoms with Gasteiger partial charge < -0.3 is 10.1 Å². The Kier molecular flexibility index (Phi) is 2.62. The third kappa shape index (κ3) is 1.84. The molecule has 3 nitrogen and oxygen atoms in total. The van der Waals surface area contributed by atoms with Gasteiger partial charge in [-0.05, 0) is 17.6 Å². The van der Waals surface area contributed by atoms with Gasteiger partial charge >= 0.3 is 13.5 Å². The molecule has 0 amide bonds. The Bertz CT molecular complexity index is 354. The summed E-state index contributed by atoms with van der Waals surface area (Å²) < 4.78 is 25.6. The second kappa shape index (κ2) is 3.53. The van der Waals surface area contributed by atoms with Gasteiger partial charge in [0.1, 0.15) is 11.6 Å². The van der Waals surface area contributed by atoms with E-state index < -0.39 is 30.6 Å². The van der Waals surface area contributed by atoms with Crippen LogP contribution in [0.2, 0.25) is 0 Å². The molecular formula is C7H5BF2O3. The Balaban J connectivity index is 3.28. The van der Waals surface area contributed by atoms with Crippen LogP contribution in [0.3, 0.4) is 0 Å². The summed E-state index contributed by atoms with van der Waals surface area (Å²) in [5.74, 6) is -3.53. The van der Waals surface area contributed by atoms with Crippen molar-refractivity contribution in [3.05, 3.63) is 29.3 Å². The number of carboxylic acids is 1. The monoisotopic (exact) mass is 186 g/mol. The van der Waals surface area contributed by atoms with E-state index in [-0.39, 0.29) is 5.46 Å². The van der Waals surface area contributed by atoms with Crippen molar-refractivity contribution in [3.63, 3.8) is 0 Å². The second-order valence-corrected chi connectivity index (χ2v) is 2.39. The third-order valence-corrected chi connectivity index (χ3v) is 1.54. The molecule has 0 bridgehead atoms. The smallest absolute Gasteiger partial charge is 0.338 e. The largest absolute Gasteiger partial charge is 0.478 e. The van der Waals surface area contributed by atoms with E-state index in [1.165, 1.54) is 0 Å². The first-order chi connectivity index (χ1) is 6.06. The van der Waals surface area contributed by atoms with Gasteiger partial charge in [-0.25, -0.2) is 13.6 Å². The Labute approximate surface area is 72.9 Å². The molecule has 0 radical (unpaired) electrons. The van der Waals surface area contributed by atoms with Crippen molar-refractivity contribution in [2.75, 3.05) is 0 Å². The minimum atomic E-state index is -1.54. The standard InChI is InChI=1S/C7H5BF2O3/c9-5-2-4(8-13)6(10)1-3(5)7(11)12/h1-2,8,13H,(H,11,12). The van der Waals surface area contributed by atoms with Crippen molar-refractivity contribution >= 4 is 18.9 Å². The van der Waals surface area contributed by atoms with E-state index >= 15 is 0 Å². The number of carboxylic acid groups (broad SMARTS) is 1. The molecule has 0 aliphatic rings. The maximum Gasteiger partial charge on any atom is 0.338 e. The molecule has 2 N–H and O–H groups in total. The molecule has 0 saturated heterocycles. The molecule has 0 atom stereocenters. The van der Waals surface area contributed by atoms with E-state index in [0.717, 1.165) is 0 Å². The molecule has 0 unspecified atom stereocenters. The van der Waals surface area contributed by atoms with Gasteiger partial charge in [-0.3, -0.25) is 0 Å². The van der Waals surface area contributed by atoms with Crippen LogP contribution in [0.15, 0.2) is 12.1 Å². The molecule has 0 aliphatic carbocycles. The van der Waals surface area contributed by atoms with Gasteiger partial charge in [0, 0.05) is 0 Å². The highest BCUT2D eigenvalue weighted by Gasteiger charge is 2.14. The lowest BCUT2D eigenvalue weighted by Crippen LogP contribution is -2.20. The van der Waals surface area contributed by atoms with Crippen LogP contribution in [-0.4, -0.2) is 23.6 Å². The maximum atomic E-state index is 12.8. The fourth-order valence-electron chi connectivity index (χ4n) is 0.873. The first-order valence-corrected chi connectivity index (χ1v) is 3.38. The van der Waals surface area contributed by atoms with Crippen molar-refractivity contribution in [3.8, 4) is 0 Å². The molecule has 0 fully saturated rings. The summed E-state index contributed by atoms with van der Waals surface area (Å²) in [4.78, 5) is 10.3. The number of carbonyl (C=O) groups is 1. The quantitative estimate of drug-likeness (QED) is 0.619. The van der Waals surface area contributed by atoms with E-state index in [1.54, 1.807) is 0 Å². The van der Waals surface area contributed by atoms with Gasteiger partial charge in [0.2, 0.25) is 0 Å². The number of halogens is 2. The zero-order valence-corrected chi connectivity index (χ0v) is 6.42. The number of hydrogen-bond acceptors (Lipinski definition) is 2. The second-order valence-electron chi connectivity index (χ2n) is 2.39. The van der Waals surface area contributed by atoms with Crippen molar-refractivity contribution in [2.45, 2.75) is 0 Å². The van der Waals surface area contributed by atoms with Gasteiger partial charge in [0.15, 0.2) is 0 Å². The number of hydrogen-bond donors (Lipinski definition) is 2. The molecule has 1 aromatic rings. The van der Waals surface area contributed by atoms with Crippen molar-refractivity contribution in [2.24, 2.45) is 0 Å². The fourth-order valence-corrected chi connectivity index (χ4v) is 0.873. The molecule has 0 aliphatic heterocycles. The van der Waals surface area contributed by atoms with Crippen LogP contribution >= 0.6 is 0 Å². The Morgan fingerprint density at radius 1 is 1.31 bits per heavy atom. The topological polar surface area (TPSA) is 57.5 Å². The average Bonchev–Trinajstić information content (AvgIpc) is 2.07. The van der Waals surface area contributed by atoms with Gasteiger partial charge in [0.05, 0.1) is 5.56 Å². The molecule has 0 spiro atoms. The maximum absolute atomic E-state index is 12.8. The molecule has 13 heavy (non-hydrogen) atoms. The summed E-state index contributed by atoms with van der Waals surface area (Å²) in [6.07, 6.45) is 0. The summed E-state index contributed by atoms with van der Waals surface area (Å²) in [7, 11) is -0.664. The Morgan fingerprint density at radius 2 is 1.92 bits per heavy atom. The molecule has 0 saturated carbocycles. The van der Waals surface area contributed by atoms with E-state index in [0.29, 0.717) is 12.1 Å². The molecule has 0 aromatic heterocycles. The van der Waals surface area contributed by atoms with Crippen LogP contribution in [0.25, 0.3) is 0 Å². The third-order valence-electron chi connectivity index (χ3n) is 1.54. The summed E-state index contributed by atoms with van der Waals surface area (Å²) in [5, 5.41) is 16.9. The highest BCUT2D eigenvalue weighted by molar-refractivity contribution is 6.45. The van der Waals surface area contributed by atoms with E-state index in [1.807, 2.05) is 0 Å². The fraction of sp³-hybridized carbons (Fsp3) is 0. The van der Waals surface area contributed by atoms with Crippen LogP contribution in [0, 0.1) is 11.6 Å². The van der Waals surface area contributed by atoms with Gasteiger partial charge in [-0.15, -0.1) is 0 Å². The highest BCUT2D eigenvalue weighted by atomic mass is 19.1. The molecular weight excluding hydrogens is 181 g/mol. The minimum Gasteiger partial charge on any atom is -0.478 e. The predicted molar refractivity (Wildman–Crippen MR) is 42.3 cm³/mol. The lowest BCUT2D eigenvalue weighted by Gasteiger charge is -2.01. The van der Waals surface area contributed by atoms with Crippen LogP contribution in [0.4, 0.5) is 8.78 Å². The SMILES string of the molecule is O=C(O)c1cc(F)c(BO)cc1F. The first-order valence-electron chi connectivity index (χ1n) is 3.38. The van der Waals surface area contributed by atoms with Crippen LogP contribution in [0.5, 0.6) is 0 Å². The summed E-state index contributed by atoms with van der Waals surface area (Å²) in [5.41, 5.74) is -1.00. The summed E-state index contributed by atoms with van der Waals surface area (Å²) >= 11 is 0. The summed E-state index contributed by atoms with van der Waals surface area (Å²) in [6.45, 7) is 0. The Morgan fingerprint density at radius 3 is 2.38 bits per heavy atom. The minimum absolute atomic E-state index is 0.262. The molecule has 1 aromatic carbocycles. The zero-order valence-electron chi connectivity index (χ0n) is 6.42. The number of aromatic carboxylic acids is 1. The van der Waals surface area contributed by atoms with Crippen LogP contribution in [-0.2, 0) is 0 Å². The Hall–Kier alpha value is -1.43. The van der Waals surface area contributed by atoms with Gasteiger partial charge in [0.25, 0.3) is 0 Å². The number of benzene rings is 1. The molecule has 0 heterocycles. The van der Waals surface area contributed by atoms with E-state index in [2.05, 4.69) is 0 Å². The molecule has 68 valence electrons.